The molecule has 0 spiro atoms. The van der Waals surface area contributed by atoms with Gasteiger partial charge in [-0.25, -0.2) is 4.79 Å². The number of nitrogens with zero attached hydrogens (tertiary/aromatic N) is 1. The molecular formula is C16H24N2O2S. The van der Waals surface area contributed by atoms with E-state index >= 15 is 0 Å². The molecule has 1 aliphatic carbocycles. The van der Waals surface area contributed by atoms with Gasteiger partial charge in [0.1, 0.15) is 0 Å². The molecule has 1 aromatic heterocycles. The summed E-state index contributed by atoms with van der Waals surface area (Å²) >= 11 is 1.81. The molecule has 4 nitrogen and oxygen atoms in total. The number of carbonyl (C=O) groups is 1. The molecule has 0 radical (unpaired) electrons. The van der Waals surface area contributed by atoms with Gasteiger partial charge in [0.2, 0.25) is 0 Å². The number of fused-ring (bicyclic) bond motifs is 1. The fourth-order valence-corrected chi connectivity index (χ4v) is 4.49. The van der Waals surface area contributed by atoms with Crippen LogP contribution < -0.4 is 5.32 Å². The Morgan fingerprint density at radius 3 is 2.90 bits per heavy atom. The lowest BCUT2D eigenvalue weighted by Crippen LogP contribution is -2.49. The van der Waals surface area contributed by atoms with Gasteiger partial charge < -0.3 is 15.3 Å². The van der Waals surface area contributed by atoms with Crippen molar-refractivity contribution >= 4 is 17.4 Å². The van der Waals surface area contributed by atoms with Crippen LogP contribution in [-0.4, -0.2) is 34.7 Å². The fraction of sp³-hybridized carbons (Fsp3) is 0.688. The van der Waals surface area contributed by atoms with Crippen LogP contribution in [0.4, 0.5) is 4.79 Å². The van der Waals surface area contributed by atoms with Crippen molar-refractivity contribution in [1.29, 1.82) is 0 Å². The number of hydrogen-bond donors (Lipinski definition) is 2. The third-order valence-corrected chi connectivity index (χ3v) is 5.76. The second kappa shape index (κ2) is 6.36. The normalized spacial score (nSPS) is 29.0. The topological polar surface area (TPSA) is 52.6 Å². The number of thiophene rings is 1. The molecule has 0 aromatic carbocycles. The van der Waals surface area contributed by atoms with Crippen LogP contribution in [0.15, 0.2) is 11.4 Å². The standard InChI is InChI=1S/C16H24N2O2S/c1-2-14-13-8-10-21-15(13)7-9-18(14)16(20)17-11-3-5-12(19)6-4-11/h8,10-12,14,19H,2-7,9H2,1H3,(H,17,20)/t11?,12?,14-/m1/s1. The Kier molecular flexibility index (Phi) is 4.50. The average molecular weight is 308 g/mol. The van der Waals surface area contributed by atoms with Crippen LogP contribution in [0.2, 0.25) is 0 Å². The average Bonchev–Trinajstić information content (AvgIpc) is 2.97. The maximum atomic E-state index is 12.6. The molecule has 1 atom stereocenters. The summed E-state index contributed by atoms with van der Waals surface area (Å²) in [5, 5.41) is 14.9. The molecule has 0 saturated heterocycles. The maximum absolute atomic E-state index is 12.6. The molecule has 1 aromatic rings. The monoisotopic (exact) mass is 308 g/mol. The fourth-order valence-electron chi connectivity index (χ4n) is 3.56. The maximum Gasteiger partial charge on any atom is 0.318 e. The summed E-state index contributed by atoms with van der Waals surface area (Å²) in [6.45, 7) is 2.96. The van der Waals surface area contributed by atoms with Crippen molar-refractivity contribution in [2.24, 2.45) is 0 Å². The summed E-state index contributed by atoms with van der Waals surface area (Å²) in [6.07, 6.45) is 5.14. The summed E-state index contributed by atoms with van der Waals surface area (Å²) in [5.74, 6) is 0. The molecule has 1 saturated carbocycles. The number of amides is 2. The smallest absolute Gasteiger partial charge is 0.318 e. The van der Waals surface area contributed by atoms with E-state index in [-0.39, 0.29) is 24.2 Å². The molecule has 0 unspecified atom stereocenters. The zero-order valence-corrected chi connectivity index (χ0v) is 13.4. The van der Waals surface area contributed by atoms with Gasteiger partial charge in [0.15, 0.2) is 0 Å². The van der Waals surface area contributed by atoms with Gasteiger partial charge >= 0.3 is 6.03 Å². The molecule has 1 aliphatic heterocycles. The van der Waals surface area contributed by atoms with E-state index in [9.17, 15) is 9.90 Å². The van der Waals surface area contributed by atoms with Gasteiger partial charge in [-0.1, -0.05) is 6.92 Å². The van der Waals surface area contributed by atoms with Gasteiger partial charge in [-0.2, -0.15) is 0 Å². The molecule has 1 fully saturated rings. The Balaban J connectivity index is 1.64. The zero-order valence-electron chi connectivity index (χ0n) is 12.5. The highest BCUT2D eigenvalue weighted by Crippen LogP contribution is 2.35. The van der Waals surface area contributed by atoms with Crippen molar-refractivity contribution in [3.8, 4) is 0 Å². The lowest BCUT2D eigenvalue weighted by molar-refractivity contribution is 0.112. The van der Waals surface area contributed by atoms with Gasteiger partial charge in [-0.15, -0.1) is 11.3 Å². The largest absolute Gasteiger partial charge is 0.393 e. The van der Waals surface area contributed by atoms with Crippen LogP contribution in [-0.2, 0) is 6.42 Å². The summed E-state index contributed by atoms with van der Waals surface area (Å²) < 4.78 is 0. The number of nitrogens with one attached hydrogen (secondary N) is 1. The molecule has 5 heteroatoms. The van der Waals surface area contributed by atoms with Crippen molar-refractivity contribution in [3.05, 3.63) is 21.9 Å². The SMILES string of the molecule is CC[C@@H]1c2ccsc2CCN1C(=O)NC1CCC(O)CC1. The van der Waals surface area contributed by atoms with Crippen LogP contribution in [0.1, 0.15) is 55.5 Å². The predicted molar refractivity (Wildman–Crippen MR) is 84.6 cm³/mol. The number of urea groups is 1. The van der Waals surface area contributed by atoms with E-state index in [1.54, 1.807) is 0 Å². The highest BCUT2D eigenvalue weighted by Gasteiger charge is 2.31. The minimum Gasteiger partial charge on any atom is -0.393 e. The van der Waals surface area contributed by atoms with Crippen molar-refractivity contribution in [2.75, 3.05) is 6.54 Å². The summed E-state index contributed by atoms with van der Waals surface area (Å²) in [6, 6.07) is 2.68. The Morgan fingerprint density at radius 2 is 2.19 bits per heavy atom. The lowest BCUT2D eigenvalue weighted by atomic mass is 9.93. The molecule has 116 valence electrons. The molecular weight excluding hydrogens is 284 g/mol. The van der Waals surface area contributed by atoms with E-state index < -0.39 is 0 Å². The Morgan fingerprint density at radius 1 is 1.43 bits per heavy atom. The minimum absolute atomic E-state index is 0.0695. The van der Waals surface area contributed by atoms with Crippen LogP contribution in [0.25, 0.3) is 0 Å². The Labute approximate surface area is 130 Å². The number of hydrogen-bond acceptors (Lipinski definition) is 3. The van der Waals surface area contributed by atoms with Gasteiger partial charge in [-0.05, 0) is 55.5 Å². The predicted octanol–water partition coefficient (Wildman–Crippen LogP) is 3.07. The first-order valence-corrected chi connectivity index (χ1v) is 8.88. The first-order chi connectivity index (χ1) is 10.2. The number of carbonyl (C=O) groups excluding carboxylic acids is 1. The molecule has 0 bridgehead atoms. The van der Waals surface area contributed by atoms with Crippen LogP contribution >= 0.6 is 11.3 Å². The minimum atomic E-state index is -0.176. The van der Waals surface area contributed by atoms with Crippen LogP contribution in [0.5, 0.6) is 0 Å². The third-order valence-electron chi connectivity index (χ3n) is 4.77. The van der Waals surface area contributed by atoms with Crippen molar-refractivity contribution in [1.82, 2.24) is 10.2 Å². The number of aliphatic hydroxyl groups excluding tert-OH is 1. The van der Waals surface area contributed by atoms with E-state index in [4.69, 9.17) is 0 Å². The first-order valence-electron chi connectivity index (χ1n) is 8.00. The second-order valence-corrected chi connectivity index (χ2v) is 7.12. The highest BCUT2D eigenvalue weighted by atomic mass is 32.1. The highest BCUT2D eigenvalue weighted by molar-refractivity contribution is 7.10. The number of rotatable bonds is 2. The van der Waals surface area contributed by atoms with Crippen LogP contribution in [0, 0.1) is 0 Å². The quantitative estimate of drug-likeness (QED) is 0.882. The molecule has 2 N–H and O–H groups in total. The van der Waals surface area contributed by atoms with E-state index in [1.165, 1.54) is 10.4 Å². The van der Waals surface area contributed by atoms with E-state index in [0.29, 0.717) is 0 Å². The summed E-state index contributed by atoms with van der Waals surface area (Å²) in [5.41, 5.74) is 1.34. The van der Waals surface area contributed by atoms with Gasteiger partial charge in [0.25, 0.3) is 0 Å². The molecule has 2 heterocycles. The van der Waals surface area contributed by atoms with E-state index in [0.717, 1.165) is 45.1 Å². The van der Waals surface area contributed by atoms with Gasteiger partial charge in [0, 0.05) is 17.5 Å². The molecule has 2 amide bonds. The van der Waals surface area contributed by atoms with Crippen molar-refractivity contribution in [3.63, 3.8) is 0 Å². The van der Waals surface area contributed by atoms with Crippen LogP contribution in [0.3, 0.4) is 0 Å². The summed E-state index contributed by atoms with van der Waals surface area (Å²) in [4.78, 5) is 16.0. The lowest BCUT2D eigenvalue weighted by Gasteiger charge is -2.37. The number of aliphatic hydroxyl groups is 1. The summed E-state index contributed by atoms with van der Waals surface area (Å²) in [7, 11) is 0. The second-order valence-electron chi connectivity index (χ2n) is 6.12. The Bertz CT molecular complexity index is 494. The van der Waals surface area contributed by atoms with Crippen molar-refractivity contribution < 1.29 is 9.90 Å². The Hall–Kier alpha value is -1.07. The zero-order chi connectivity index (χ0) is 14.8. The van der Waals surface area contributed by atoms with E-state index in [2.05, 4.69) is 23.7 Å². The third kappa shape index (κ3) is 3.09. The van der Waals surface area contributed by atoms with E-state index in [1.807, 2.05) is 16.2 Å². The molecule has 3 rings (SSSR count). The van der Waals surface area contributed by atoms with Crippen molar-refractivity contribution in [2.45, 2.75) is 63.6 Å². The molecule has 21 heavy (non-hydrogen) atoms. The first kappa shape index (κ1) is 14.9. The van der Waals surface area contributed by atoms with Gasteiger partial charge in [-0.3, -0.25) is 0 Å². The van der Waals surface area contributed by atoms with Gasteiger partial charge in [0.05, 0.1) is 12.1 Å². The molecule has 2 aliphatic rings.